The molecule has 0 saturated heterocycles. The van der Waals surface area contributed by atoms with Crippen LogP contribution in [0, 0.1) is 13.8 Å². The van der Waals surface area contributed by atoms with Crippen LogP contribution in [0.4, 0.5) is 0 Å². The number of carbonyl (C=O) groups excluding carboxylic acids is 1. The van der Waals surface area contributed by atoms with Crippen LogP contribution in [0.25, 0.3) is 0 Å². The van der Waals surface area contributed by atoms with Gasteiger partial charge in [-0.25, -0.2) is 4.79 Å². The van der Waals surface area contributed by atoms with E-state index in [0.29, 0.717) is 5.56 Å². The first-order valence-electron chi connectivity index (χ1n) is 14.0. The number of carbonyl (C=O) groups is 2. The molecular formula is C32H45NO5. The van der Waals surface area contributed by atoms with Crippen molar-refractivity contribution in [3.63, 3.8) is 0 Å². The number of aryl methyl sites for hydroxylation is 2. The van der Waals surface area contributed by atoms with E-state index in [9.17, 15) is 19.8 Å². The van der Waals surface area contributed by atoms with Gasteiger partial charge in [-0.05, 0) is 87.8 Å². The van der Waals surface area contributed by atoms with Gasteiger partial charge in [-0.15, -0.1) is 0 Å². The number of likely N-dealkylation sites (N-methyl/N-ethyl adjacent to an activating group) is 1. The van der Waals surface area contributed by atoms with Crippen LogP contribution in [0.15, 0.2) is 36.4 Å². The van der Waals surface area contributed by atoms with Crippen molar-refractivity contribution in [3.8, 4) is 5.75 Å². The van der Waals surface area contributed by atoms with E-state index < -0.39 is 17.6 Å². The minimum atomic E-state index is -1.03. The van der Waals surface area contributed by atoms with Gasteiger partial charge < -0.3 is 19.8 Å². The van der Waals surface area contributed by atoms with Crippen molar-refractivity contribution in [2.45, 2.75) is 110 Å². The highest BCUT2D eigenvalue weighted by molar-refractivity contribution is 5.97. The Bertz CT molecular complexity index is 1150. The molecule has 6 nitrogen and oxygen atoms in total. The zero-order valence-corrected chi connectivity index (χ0v) is 24.1. The van der Waals surface area contributed by atoms with Gasteiger partial charge >= 0.3 is 5.97 Å². The van der Waals surface area contributed by atoms with Crippen LogP contribution in [-0.2, 0) is 10.2 Å². The molecule has 1 fully saturated rings. The van der Waals surface area contributed by atoms with Crippen LogP contribution in [0.5, 0.6) is 5.75 Å². The summed E-state index contributed by atoms with van der Waals surface area (Å²) in [6.45, 7) is 11.8. The Morgan fingerprint density at radius 3 is 2.03 bits per heavy atom. The van der Waals surface area contributed by atoms with Crippen LogP contribution in [0.2, 0.25) is 0 Å². The smallest absolute Gasteiger partial charge is 0.326 e. The number of carboxylic acid groups (broad SMARTS) is 1. The zero-order valence-electron chi connectivity index (χ0n) is 24.1. The third-order valence-electron chi connectivity index (χ3n) is 8.98. The van der Waals surface area contributed by atoms with Gasteiger partial charge in [0, 0.05) is 18.0 Å². The van der Waals surface area contributed by atoms with E-state index >= 15 is 0 Å². The Hall–Kier alpha value is -2.86. The lowest BCUT2D eigenvalue weighted by atomic mass is 9.70. The lowest BCUT2D eigenvalue weighted by Crippen LogP contribution is -2.45. The van der Waals surface area contributed by atoms with Gasteiger partial charge in [0.05, 0.1) is 0 Å². The molecule has 1 saturated carbocycles. The van der Waals surface area contributed by atoms with E-state index in [1.165, 1.54) is 30.9 Å². The summed E-state index contributed by atoms with van der Waals surface area (Å²) in [6, 6.07) is 11.3. The van der Waals surface area contributed by atoms with Crippen molar-refractivity contribution >= 4 is 11.9 Å². The molecule has 0 bridgehead atoms. The lowest BCUT2D eigenvalue weighted by molar-refractivity contribution is -0.141. The number of rotatable bonds is 10. The normalized spacial score (nSPS) is 16.9. The van der Waals surface area contributed by atoms with Crippen molar-refractivity contribution in [2.75, 3.05) is 7.05 Å². The monoisotopic (exact) mass is 523 g/mol. The minimum Gasteiger partial charge on any atom is -0.487 e. The summed E-state index contributed by atoms with van der Waals surface area (Å²) in [4.78, 5) is 25.7. The number of hydrogen-bond donors (Lipinski definition) is 2. The number of nitrogens with zero attached hydrogens (tertiary/aromatic N) is 1. The first-order chi connectivity index (χ1) is 17.9. The Morgan fingerprint density at radius 1 is 0.974 bits per heavy atom. The van der Waals surface area contributed by atoms with Crippen molar-refractivity contribution in [1.82, 2.24) is 4.90 Å². The number of carboxylic acids is 1. The standard InChI is InChI=1S/C32H45NO5/c1-8-31(9-2,25-13-15-27(21(3)19-25)29(34)33(7)23(5)30(35)36)26-14-16-28(22(4)20-26)38-24(6)32(37)17-11-10-12-18-32/h13-16,19-20,23-24,37H,8-12,17-18H2,1-7H3,(H,35,36). The van der Waals surface area contributed by atoms with E-state index in [0.717, 1.165) is 61.0 Å². The van der Waals surface area contributed by atoms with Crippen molar-refractivity contribution in [3.05, 3.63) is 64.2 Å². The predicted molar refractivity (Wildman–Crippen MR) is 151 cm³/mol. The quantitative estimate of drug-likeness (QED) is 0.375. The molecule has 2 aromatic rings. The third-order valence-corrected chi connectivity index (χ3v) is 8.98. The van der Waals surface area contributed by atoms with E-state index in [4.69, 9.17) is 4.74 Å². The summed E-state index contributed by atoms with van der Waals surface area (Å²) in [7, 11) is 1.52. The number of aliphatic carboxylic acids is 1. The summed E-state index contributed by atoms with van der Waals surface area (Å²) in [5.74, 6) is -0.529. The Balaban J connectivity index is 1.91. The SMILES string of the molecule is CCC(CC)(c1ccc(OC(C)C2(O)CCCCC2)c(C)c1)c1ccc(C(=O)N(C)C(C)C(=O)O)c(C)c1. The molecule has 2 unspecified atom stereocenters. The van der Waals surface area contributed by atoms with Gasteiger partial charge in [-0.1, -0.05) is 57.4 Å². The first kappa shape index (κ1) is 29.7. The summed E-state index contributed by atoms with van der Waals surface area (Å²) in [5, 5.41) is 20.4. The van der Waals surface area contributed by atoms with Gasteiger partial charge in [0.1, 0.15) is 23.5 Å². The van der Waals surface area contributed by atoms with Gasteiger partial charge in [0.25, 0.3) is 5.91 Å². The van der Waals surface area contributed by atoms with E-state index in [1.54, 1.807) is 0 Å². The molecule has 3 rings (SSSR count). The highest BCUT2D eigenvalue weighted by Crippen LogP contribution is 2.41. The highest BCUT2D eigenvalue weighted by atomic mass is 16.5. The zero-order chi connectivity index (χ0) is 28.3. The fourth-order valence-electron chi connectivity index (χ4n) is 5.92. The maximum Gasteiger partial charge on any atom is 0.326 e. The van der Waals surface area contributed by atoms with Crippen LogP contribution >= 0.6 is 0 Å². The first-order valence-corrected chi connectivity index (χ1v) is 14.0. The molecule has 2 N–H and O–H groups in total. The van der Waals surface area contributed by atoms with Crippen molar-refractivity contribution in [1.29, 1.82) is 0 Å². The summed E-state index contributed by atoms with van der Waals surface area (Å²) in [5.41, 5.74) is 3.67. The topological polar surface area (TPSA) is 87.1 Å². The molecule has 0 spiro atoms. The maximum absolute atomic E-state index is 13.0. The minimum absolute atomic E-state index is 0.247. The molecule has 2 aromatic carbocycles. The number of amides is 1. The molecule has 6 heteroatoms. The van der Waals surface area contributed by atoms with E-state index in [-0.39, 0.29) is 17.4 Å². The molecule has 1 aliphatic rings. The van der Waals surface area contributed by atoms with Crippen LogP contribution in [-0.4, -0.2) is 51.8 Å². The average molecular weight is 524 g/mol. The molecule has 208 valence electrons. The Kier molecular flexibility index (Phi) is 9.30. The van der Waals surface area contributed by atoms with E-state index in [1.807, 2.05) is 32.0 Å². The number of ether oxygens (including phenoxy) is 1. The molecule has 0 heterocycles. The second kappa shape index (κ2) is 11.9. The fraction of sp³-hybridized carbons (Fsp3) is 0.562. The summed E-state index contributed by atoms with van der Waals surface area (Å²) < 4.78 is 6.31. The van der Waals surface area contributed by atoms with Gasteiger partial charge in [-0.2, -0.15) is 0 Å². The third kappa shape index (κ3) is 5.75. The largest absolute Gasteiger partial charge is 0.487 e. The molecule has 0 radical (unpaired) electrons. The fourth-order valence-corrected chi connectivity index (χ4v) is 5.92. The van der Waals surface area contributed by atoms with Crippen LogP contribution in [0.1, 0.15) is 105 Å². The summed E-state index contributed by atoms with van der Waals surface area (Å²) in [6.07, 6.45) is 6.29. The molecule has 2 atom stereocenters. The van der Waals surface area contributed by atoms with Crippen LogP contribution < -0.4 is 4.74 Å². The Morgan fingerprint density at radius 2 is 1.53 bits per heavy atom. The second-order valence-electron chi connectivity index (χ2n) is 11.2. The van der Waals surface area contributed by atoms with Crippen molar-refractivity contribution in [2.24, 2.45) is 0 Å². The molecule has 0 aromatic heterocycles. The molecule has 0 aliphatic heterocycles. The van der Waals surface area contributed by atoms with E-state index in [2.05, 4.69) is 39.0 Å². The highest BCUT2D eigenvalue weighted by Gasteiger charge is 2.37. The molecule has 1 amide bonds. The molecular weight excluding hydrogens is 478 g/mol. The maximum atomic E-state index is 13.0. The van der Waals surface area contributed by atoms with Gasteiger partial charge in [-0.3, -0.25) is 4.79 Å². The van der Waals surface area contributed by atoms with Gasteiger partial charge in [0.15, 0.2) is 0 Å². The second-order valence-corrected chi connectivity index (χ2v) is 11.2. The molecule has 1 aliphatic carbocycles. The number of aliphatic hydroxyl groups is 1. The number of hydrogen-bond acceptors (Lipinski definition) is 4. The average Bonchev–Trinajstić information content (AvgIpc) is 2.90. The Labute approximate surface area is 228 Å². The van der Waals surface area contributed by atoms with Gasteiger partial charge in [0.2, 0.25) is 0 Å². The summed E-state index contributed by atoms with van der Waals surface area (Å²) >= 11 is 0. The lowest BCUT2D eigenvalue weighted by Gasteiger charge is -2.38. The predicted octanol–water partition coefficient (Wildman–Crippen LogP) is 6.42. The van der Waals surface area contributed by atoms with Crippen molar-refractivity contribution < 1.29 is 24.5 Å². The number of benzene rings is 2. The molecule has 38 heavy (non-hydrogen) atoms. The van der Waals surface area contributed by atoms with Crippen LogP contribution in [0.3, 0.4) is 0 Å².